The first kappa shape index (κ1) is 19.5. The van der Waals surface area contributed by atoms with E-state index in [0.717, 1.165) is 5.56 Å². The molecule has 6 nitrogen and oxygen atoms in total. The monoisotopic (exact) mass is 399 g/mol. The van der Waals surface area contributed by atoms with Crippen molar-refractivity contribution in [1.29, 1.82) is 0 Å². The average molecular weight is 400 g/mol. The van der Waals surface area contributed by atoms with Gasteiger partial charge in [0.1, 0.15) is 0 Å². The lowest BCUT2D eigenvalue weighted by atomic mass is 10.1. The molecular formula is C21H18ClNO5. The van der Waals surface area contributed by atoms with E-state index in [1.165, 1.54) is 27.4 Å². The van der Waals surface area contributed by atoms with Crippen LogP contribution in [0.3, 0.4) is 0 Å². The number of allylic oxidation sites excluding steroid dienone is 2. The van der Waals surface area contributed by atoms with Gasteiger partial charge in [-0.1, -0.05) is 41.9 Å². The predicted molar refractivity (Wildman–Crippen MR) is 107 cm³/mol. The fraction of sp³-hybridized carbons (Fsp3) is 0.143. The molecule has 1 heterocycles. The molecule has 0 saturated carbocycles. The van der Waals surface area contributed by atoms with Gasteiger partial charge in [-0.3, -0.25) is 0 Å². The minimum absolute atomic E-state index is 0.0981. The number of carbonyl (C=O) groups is 1. The molecule has 3 rings (SSSR count). The van der Waals surface area contributed by atoms with Crippen LogP contribution in [0, 0.1) is 0 Å². The molecule has 0 N–H and O–H groups in total. The van der Waals surface area contributed by atoms with Gasteiger partial charge in [0.2, 0.25) is 11.6 Å². The number of carbonyl (C=O) groups excluding carboxylic acids is 1. The van der Waals surface area contributed by atoms with Crippen LogP contribution in [0.1, 0.15) is 11.1 Å². The Labute approximate surface area is 167 Å². The number of cyclic esters (lactones) is 1. The number of halogens is 1. The van der Waals surface area contributed by atoms with E-state index in [4.69, 9.17) is 30.5 Å². The third-order valence-electron chi connectivity index (χ3n) is 3.91. The standard InChI is InChI=1S/C21H18ClNO5/c1-25-17-10-14(11-18(26-2)19(17)27-3)20-23-16(21(24)28-20)12-15(22)9-13-7-5-4-6-8-13/h4-12H,1-3H3/b15-9-,16-12-. The van der Waals surface area contributed by atoms with Crippen molar-refractivity contribution in [1.82, 2.24) is 0 Å². The number of benzene rings is 2. The SMILES string of the molecule is COc1cc(C2=N/C(=C\C(Cl)=C\c3ccccc3)C(=O)O2)cc(OC)c1OC. The van der Waals surface area contributed by atoms with Gasteiger partial charge in [0.15, 0.2) is 17.2 Å². The molecule has 1 aliphatic heterocycles. The molecule has 1 aliphatic rings. The van der Waals surface area contributed by atoms with Crippen LogP contribution in [-0.2, 0) is 9.53 Å². The number of esters is 1. The zero-order valence-electron chi connectivity index (χ0n) is 15.6. The van der Waals surface area contributed by atoms with Gasteiger partial charge in [-0.2, -0.15) is 0 Å². The molecule has 28 heavy (non-hydrogen) atoms. The van der Waals surface area contributed by atoms with Crippen molar-refractivity contribution < 1.29 is 23.7 Å². The van der Waals surface area contributed by atoms with E-state index < -0.39 is 5.97 Å². The number of aliphatic imine (C=N–C) groups is 1. The number of nitrogens with zero attached hydrogens (tertiary/aromatic N) is 1. The van der Waals surface area contributed by atoms with E-state index in [1.54, 1.807) is 18.2 Å². The first-order valence-corrected chi connectivity index (χ1v) is 8.68. The molecule has 0 atom stereocenters. The van der Waals surface area contributed by atoms with Crippen LogP contribution in [-0.4, -0.2) is 33.2 Å². The second-order valence-electron chi connectivity index (χ2n) is 5.69. The molecule has 2 aromatic carbocycles. The van der Waals surface area contributed by atoms with E-state index in [2.05, 4.69) is 4.99 Å². The van der Waals surface area contributed by atoms with E-state index in [0.29, 0.717) is 27.8 Å². The van der Waals surface area contributed by atoms with Crippen LogP contribution in [0.4, 0.5) is 0 Å². The summed E-state index contributed by atoms with van der Waals surface area (Å²) in [5.41, 5.74) is 1.51. The lowest BCUT2D eigenvalue weighted by molar-refractivity contribution is -0.130. The largest absolute Gasteiger partial charge is 0.493 e. The zero-order chi connectivity index (χ0) is 20.1. The summed E-state index contributed by atoms with van der Waals surface area (Å²) in [6, 6.07) is 12.8. The van der Waals surface area contributed by atoms with Crippen LogP contribution in [0.25, 0.3) is 6.08 Å². The normalized spacial score (nSPS) is 15.3. The van der Waals surface area contributed by atoms with Gasteiger partial charge in [-0.15, -0.1) is 0 Å². The van der Waals surface area contributed by atoms with Crippen LogP contribution < -0.4 is 14.2 Å². The molecule has 2 aromatic rings. The van der Waals surface area contributed by atoms with E-state index >= 15 is 0 Å². The van der Waals surface area contributed by atoms with Gasteiger partial charge in [0.25, 0.3) is 0 Å². The molecule has 0 amide bonds. The zero-order valence-corrected chi connectivity index (χ0v) is 16.3. The quantitative estimate of drug-likeness (QED) is 0.538. The van der Waals surface area contributed by atoms with E-state index in [1.807, 2.05) is 30.3 Å². The van der Waals surface area contributed by atoms with Gasteiger partial charge >= 0.3 is 5.97 Å². The summed E-state index contributed by atoms with van der Waals surface area (Å²) in [5.74, 6) is 0.816. The lowest BCUT2D eigenvalue weighted by Gasteiger charge is -2.13. The molecule has 0 aromatic heterocycles. The van der Waals surface area contributed by atoms with Crippen LogP contribution in [0.5, 0.6) is 17.2 Å². The second kappa shape index (κ2) is 8.63. The van der Waals surface area contributed by atoms with Gasteiger partial charge in [-0.25, -0.2) is 9.79 Å². The smallest absolute Gasteiger partial charge is 0.363 e. The van der Waals surface area contributed by atoms with Crippen molar-refractivity contribution in [3.05, 3.63) is 70.4 Å². The Morgan fingerprint density at radius 3 is 2.25 bits per heavy atom. The average Bonchev–Trinajstić information content (AvgIpc) is 3.07. The maximum Gasteiger partial charge on any atom is 0.363 e. The molecular weight excluding hydrogens is 382 g/mol. The highest BCUT2D eigenvalue weighted by Crippen LogP contribution is 2.39. The Hall–Kier alpha value is -3.25. The summed E-state index contributed by atoms with van der Waals surface area (Å²) < 4.78 is 21.2. The van der Waals surface area contributed by atoms with Crippen molar-refractivity contribution in [3.63, 3.8) is 0 Å². The molecule has 0 unspecified atom stereocenters. The number of ether oxygens (including phenoxy) is 4. The highest BCUT2D eigenvalue weighted by Gasteiger charge is 2.26. The summed E-state index contributed by atoms with van der Waals surface area (Å²) in [5, 5.41) is 0.355. The summed E-state index contributed by atoms with van der Waals surface area (Å²) in [7, 11) is 4.51. The highest BCUT2D eigenvalue weighted by molar-refractivity contribution is 6.33. The minimum atomic E-state index is -0.594. The van der Waals surface area contributed by atoms with E-state index in [-0.39, 0.29) is 11.6 Å². The Kier molecular flexibility index (Phi) is 6.01. The fourth-order valence-corrected chi connectivity index (χ4v) is 2.85. The Morgan fingerprint density at radius 1 is 1.04 bits per heavy atom. The van der Waals surface area contributed by atoms with Crippen LogP contribution in [0.15, 0.2) is 64.3 Å². The van der Waals surface area contributed by atoms with Crippen molar-refractivity contribution >= 4 is 29.5 Å². The molecule has 0 radical (unpaired) electrons. The van der Waals surface area contributed by atoms with Gasteiger partial charge in [0.05, 0.1) is 21.3 Å². The van der Waals surface area contributed by atoms with Gasteiger partial charge < -0.3 is 18.9 Å². The Bertz CT molecular complexity index is 955. The first-order chi connectivity index (χ1) is 13.5. The molecule has 0 fully saturated rings. The predicted octanol–water partition coefficient (Wildman–Crippen LogP) is 4.18. The summed E-state index contributed by atoms with van der Waals surface area (Å²) in [6.07, 6.45) is 3.19. The molecule has 0 saturated heterocycles. The summed E-state index contributed by atoms with van der Waals surface area (Å²) in [6.45, 7) is 0. The lowest BCUT2D eigenvalue weighted by Crippen LogP contribution is -2.07. The van der Waals surface area contributed by atoms with Crippen molar-refractivity contribution in [3.8, 4) is 17.2 Å². The Balaban J connectivity index is 1.95. The summed E-state index contributed by atoms with van der Waals surface area (Å²) >= 11 is 6.24. The number of methoxy groups -OCH3 is 3. The molecule has 0 aliphatic carbocycles. The van der Waals surface area contributed by atoms with Crippen LogP contribution in [0.2, 0.25) is 0 Å². The van der Waals surface area contributed by atoms with Crippen molar-refractivity contribution in [2.45, 2.75) is 0 Å². The van der Waals surface area contributed by atoms with Gasteiger partial charge in [-0.05, 0) is 29.8 Å². The number of hydrogen-bond donors (Lipinski definition) is 0. The topological polar surface area (TPSA) is 66.4 Å². The minimum Gasteiger partial charge on any atom is -0.493 e. The first-order valence-electron chi connectivity index (χ1n) is 8.31. The molecule has 144 valence electrons. The third-order valence-corrected chi connectivity index (χ3v) is 4.13. The second-order valence-corrected chi connectivity index (χ2v) is 6.13. The maximum atomic E-state index is 12.2. The number of rotatable bonds is 6. The third kappa shape index (κ3) is 4.18. The Morgan fingerprint density at radius 2 is 1.68 bits per heavy atom. The number of hydrogen-bond acceptors (Lipinski definition) is 6. The van der Waals surface area contributed by atoms with Crippen molar-refractivity contribution in [2.75, 3.05) is 21.3 Å². The fourth-order valence-electron chi connectivity index (χ4n) is 2.62. The van der Waals surface area contributed by atoms with Crippen LogP contribution >= 0.6 is 11.6 Å². The van der Waals surface area contributed by atoms with E-state index in [9.17, 15) is 4.79 Å². The molecule has 0 spiro atoms. The molecule has 0 bridgehead atoms. The van der Waals surface area contributed by atoms with Crippen molar-refractivity contribution in [2.24, 2.45) is 4.99 Å². The maximum absolute atomic E-state index is 12.2. The van der Waals surface area contributed by atoms with Gasteiger partial charge in [0, 0.05) is 10.6 Å². The summed E-state index contributed by atoms with van der Waals surface area (Å²) in [4.78, 5) is 16.5. The molecule has 7 heteroatoms. The highest BCUT2D eigenvalue weighted by atomic mass is 35.5.